The van der Waals surface area contributed by atoms with Crippen LogP contribution in [-0.2, 0) is 32.0 Å². The molecule has 5 N–H and O–H groups in total. The first kappa shape index (κ1) is 37.4. The normalized spacial score (nSPS) is 20.0. The lowest BCUT2D eigenvalue weighted by atomic mass is 10.00. The first-order chi connectivity index (χ1) is 24.1. The molecular formula is C38H47N5O7. The van der Waals surface area contributed by atoms with Crippen molar-refractivity contribution in [3.8, 4) is 11.5 Å². The highest BCUT2D eigenvalue weighted by molar-refractivity contribution is 5.98. The molecule has 4 rings (SSSR count). The molecule has 50 heavy (non-hydrogen) atoms. The number of amides is 5. The fraction of sp³-hybridized carbons (Fsp3) is 0.395. The Morgan fingerprint density at radius 2 is 1.56 bits per heavy atom. The summed E-state index contributed by atoms with van der Waals surface area (Å²) < 4.78 is 11.2. The number of carbonyl (C=O) groups excluding carboxylic acids is 5. The summed E-state index contributed by atoms with van der Waals surface area (Å²) in [5.74, 6) is -1.60. The van der Waals surface area contributed by atoms with Gasteiger partial charge in [-0.25, -0.2) is 0 Å². The molecule has 1 aliphatic rings. The molecule has 12 heteroatoms. The summed E-state index contributed by atoms with van der Waals surface area (Å²) in [5, 5.41) is 14.2. The highest BCUT2D eigenvalue weighted by Crippen LogP contribution is 2.28. The fourth-order valence-electron chi connectivity index (χ4n) is 5.55. The second-order valence-electron chi connectivity index (χ2n) is 12.5. The molecule has 266 valence electrons. The lowest BCUT2D eigenvalue weighted by molar-refractivity contribution is -0.133. The minimum absolute atomic E-state index is 0.157. The van der Waals surface area contributed by atoms with Crippen molar-refractivity contribution < 1.29 is 33.4 Å². The third-order valence-electron chi connectivity index (χ3n) is 8.34. The van der Waals surface area contributed by atoms with E-state index < -0.39 is 35.8 Å². The van der Waals surface area contributed by atoms with Gasteiger partial charge in [0.15, 0.2) is 18.1 Å². The van der Waals surface area contributed by atoms with Crippen LogP contribution in [0.3, 0.4) is 0 Å². The van der Waals surface area contributed by atoms with Gasteiger partial charge in [-0.3, -0.25) is 24.0 Å². The summed E-state index contributed by atoms with van der Waals surface area (Å²) in [6.07, 6.45) is 1.89. The Bertz CT molecular complexity index is 1600. The van der Waals surface area contributed by atoms with Crippen molar-refractivity contribution in [1.82, 2.24) is 26.6 Å². The number of carbonyl (C=O) groups is 5. The summed E-state index contributed by atoms with van der Waals surface area (Å²) >= 11 is 0. The van der Waals surface area contributed by atoms with Crippen molar-refractivity contribution in [2.75, 3.05) is 26.8 Å². The number of aryl methyl sites for hydroxylation is 1. The summed E-state index contributed by atoms with van der Waals surface area (Å²) in [5.41, 5.74) is 2.11. The van der Waals surface area contributed by atoms with E-state index in [4.69, 9.17) is 9.47 Å². The molecule has 0 fully saturated rings. The second-order valence-corrected chi connectivity index (χ2v) is 12.5. The lowest BCUT2D eigenvalue weighted by Crippen LogP contribution is -2.58. The van der Waals surface area contributed by atoms with Crippen molar-refractivity contribution in [2.24, 2.45) is 5.92 Å². The molecule has 0 saturated carbocycles. The zero-order chi connectivity index (χ0) is 35.9. The van der Waals surface area contributed by atoms with Crippen LogP contribution < -0.4 is 36.1 Å². The van der Waals surface area contributed by atoms with E-state index >= 15 is 0 Å². The Morgan fingerprint density at radius 3 is 2.26 bits per heavy atom. The van der Waals surface area contributed by atoms with Crippen LogP contribution in [0.1, 0.15) is 54.6 Å². The number of methoxy groups -OCH3 is 1. The largest absolute Gasteiger partial charge is 0.493 e. The molecule has 0 radical (unpaired) electrons. The number of nitrogens with one attached hydrogen (secondary N) is 5. The summed E-state index contributed by atoms with van der Waals surface area (Å²) in [6.45, 7) is 3.99. The first-order valence-electron chi connectivity index (χ1n) is 17.0. The molecule has 0 aromatic heterocycles. The third-order valence-corrected chi connectivity index (χ3v) is 8.34. The Labute approximate surface area is 293 Å². The van der Waals surface area contributed by atoms with Gasteiger partial charge < -0.3 is 36.1 Å². The molecule has 0 aliphatic carbocycles. The molecular weight excluding hydrogens is 638 g/mol. The lowest BCUT2D eigenvalue weighted by Gasteiger charge is -2.27. The number of ether oxygens (including phenoxy) is 2. The van der Waals surface area contributed by atoms with Gasteiger partial charge in [-0.2, -0.15) is 0 Å². The minimum Gasteiger partial charge on any atom is -0.493 e. The Kier molecular flexibility index (Phi) is 14.2. The molecule has 5 amide bonds. The van der Waals surface area contributed by atoms with Crippen LogP contribution in [0.15, 0.2) is 78.9 Å². The average Bonchev–Trinajstić information content (AvgIpc) is 3.12. The van der Waals surface area contributed by atoms with Crippen LogP contribution in [0.25, 0.3) is 0 Å². The van der Waals surface area contributed by atoms with Crippen LogP contribution in [-0.4, -0.2) is 74.5 Å². The van der Waals surface area contributed by atoms with Gasteiger partial charge in [0.05, 0.1) is 7.11 Å². The van der Waals surface area contributed by atoms with Crippen molar-refractivity contribution >= 4 is 29.5 Å². The first-order valence-corrected chi connectivity index (χ1v) is 17.0. The number of benzene rings is 3. The van der Waals surface area contributed by atoms with Crippen LogP contribution in [0.4, 0.5) is 0 Å². The monoisotopic (exact) mass is 685 g/mol. The summed E-state index contributed by atoms with van der Waals surface area (Å²) in [7, 11) is 1.52. The van der Waals surface area contributed by atoms with E-state index in [1.807, 2.05) is 56.3 Å². The maximum Gasteiger partial charge on any atom is 0.257 e. The summed E-state index contributed by atoms with van der Waals surface area (Å²) in [6, 6.07) is 20.3. The van der Waals surface area contributed by atoms with Gasteiger partial charge in [-0.1, -0.05) is 68.4 Å². The average molecular weight is 686 g/mol. The van der Waals surface area contributed by atoms with E-state index in [0.29, 0.717) is 42.9 Å². The highest BCUT2D eigenvalue weighted by atomic mass is 16.5. The van der Waals surface area contributed by atoms with E-state index in [-0.39, 0.29) is 43.7 Å². The standard InChI is InChI=1S/C38H47N5O7/c1-25(2)34-38(48)40-21-10-14-27-18-19-31(49-3)32(23-27)50-24-33(44)39-20-11-17-29(41-35(45)28-15-8-5-9-16-28)36(46)42-30(37(47)43-34)22-26-12-6-4-7-13-26/h4-9,12-13,15-16,18-19,23,25,29-30,34H,10-11,14,17,20-22,24H2,1-3H3,(H,39,44)(H,40,48)(H,41,45)(H,42,46)(H,43,47)/t29-,30-,34+/m0/s1. The Hall–Kier alpha value is -5.39. The zero-order valence-electron chi connectivity index (χ0n) is 28.8. The molecule has 12 nitrogen and oxygen atoms in total. The Morgan fingerprint density at radius 1 is 0.860 bits per heavy atom. The maximum absolute atomic E-state index is 13.9. The molecule has 3 aromatic carbocycles. The SMILES string of the molecule is COc1ccc2cc1OCC(=O)NCCC[C@H](NC(=O)c1ccccc1)C(=O)N[C@@H](Cc1ccccc1)C(=O)N[C@H](C(C)C)C(=O)NCCC2. The predicted octanol–water partition coefficient (Wildman–Crippen LogP) is 2.70. The van der Waals surface area contributed by atoms with Gasteiger partial charge in [-0.15, -0.1) is 0 Å². The fourth-order valence-corrected chi connectivity index (χ4v) is 5.55. The zero-order valence-corrected chi connectivity index (χ0v) is 28.8. The van der Waals surface area contributed by atoms with Crippen molar-refractivity contribution in [3.05, 3.63) is 95.6 Å². The quantitative estimate of drug-likeness (QED) is 0.266. The van der Waals surface area contributed by atoms with Crippen molar-refractivity contribution in [2.45, 2.75) is 64.1 Å². The molecule has 3 aromatic rings. The Balaban J connectivity index is 1.60. The number of hydrogen-bond donors (Lipinski definition) is 5. The number of hydrogen-bond acceptors (Lipinski definition) is 7. The number of rotatable bonds is 6. The van der Waals surface area contributed by atoms with E-state index in [9.17, 15) is 24.0 Å². The third kappa shape index (κ3) is 11.4. The van der Waals surface area contributed by atoms with Gasteiger partial charge in [0.25, 0.3) is 11.8 Å². The molecule has 3 atom stereocenters. The molecule has 0 spiro atoms. The summed E-state index contributed by atoms with van der Waals surface area (Å²) in [4.78, 5) is 66.9. The van der Waals surface area contributed by atoms with Crippen LogP contribution in [0.5, 0.6) is 11.5 Å². The van der Waals surface area contributed by atoms with Gasteiger partial charge in [0, 0.05) is 25.1 Å². The molecule has 0 saturated heterocycles. The minimum atomic E-state index is -1.05. The second kappa shape index (κ2) is 19.0. The van der Waals surface area contributed by atoms with E-state index in [2.05, 4.69) is 26.6 Å². The van der Waals surface area contributed by atoms with E-state index in [1.54, 1.807) is 36.4 Å². The van der Waals surface area contributed by atoms with Gasteiger partial charge >= 0.3 is 0 Å². The van der Waals surface area contributed by atoms with Crippen molar-refractivity contribution in [3.63, 3.8) is 0 Å². The van der Waals surface area contributed by atoms with Gasteiger partial charge in [0.2, 0.25) is 17.7 Å². The van der Waals surface area contributed by atoms with E-state index in [0.717, 1.165) is 11.1 Å². The smallest absolute Gasteiger partial charge is 0.257 e. The number of fused-ring (bicyclic) bond motifs is 2. The highest BCUT2D eigenvalue weighted by Gasteiger charge is 2.31. The van der Waals surface area contributed by atoms with Gasteiger partial charge in [-0.05, 0) is 67.0 Å². The van der Waals surface area contributed by atoms with Crippen molar-refractivity contribution in [1.29, 1.82) is 0 Å². The molecule has 2 bridgehead atoms. The van der Waals surface area contributed by atoms with Crippen LogP contribution in [0.2, 0.25) is 0 Å². The topological polar surface area (TPSA) is 164 Å². The molecule has 1 heterocycles. The van der Waals surface area contributed by atoms with Gasteiger partial charge in [0.1, 0.15) is 18.1 Å². The maximum atomic E-state index is 13.9. The molecule has 0 unspecified atom stereocenters. The van der Waals surface area contributed by atoms with Crippen LogP contribution in [0, 0.1) is 5.92 Å². The predicted molar refractivity (Wildman–Crippen MR) is 189 cm³/mol. The molecule has 1 aliphatic heterocycles. The van der Waals surface area contributed by atoms with E-state index in [1.165, 1.54) is 7.11 Å². The van der Waals surface area contributed by atoms with Crippen LogP contribution >= 0.6 is 0 Å².